The Labute approximate surface area is 146 Å². The van der Waals surface area contributed by atoms with E-state index in [1.807, 2.05) is 12.1 Å². The van der Waals surface area contributed by atoms with Crippen LogP contribution >= 0.6 is 0 Å². The van der Waals surface area contributed by atoms with Gasteiger partial charge in [-0.15, -0.1) is 0 Å². The quantitative estimate of drug-likeness (QED) is 0.612. The summed E-state index contributed by atoms with van der Waals surface area (Å²) in [5, 5.41) is 3.52. The second kappa shape index (κ2) is 10.7. The molecule has 130 valence electrons. The molecule has 3 heteroatoms. The number of aryl methyl sites for hydroxylation is 1. The van der Waals surface area contributed by atoms with E-state index in [4.69, 9.17) is 9.47 Å². The van der Waals surface area contributed by atoms with E-state index in [0.717, 1.165) is 62.4 Å². The highest BCUT2D eigenvalue weighted by molar-refractivity contribution is 5.46. The lowest BCUT2D eigenvalue weighted by atomic mass is 10.1. The average molecular weight is 327 g/mol. The first kappa shape index (κ1) is 18.3. The van der Waals surface area contributed by atoms with Gasteiger partial charge < -0.3 is 14.8 Å². The molecule has 0 aliphatic carbocycles. The zero-order valence-corrected chi connectivity index (χ0v) is 14.9. The fourth-order valence-corrected chi connectivity index (χ4v) is 2.63. The summed E-state index contributed by atoms with van der Waals surface area (Å²) in [6.07, 6.45) is 4.41. The van der Waals surface area contributed by atoms with Gasteiger partial charge in [-0.25, -0.2) is 0 Å². The van der Waals surface area contributed by atoms with Gasteiger partial charge in [-0.3, -0.25) is 0 Å². The maximum Gasteiger partial charge on any atom is 0.165 e. The Morgan fingerprint density at radius 3 is 2.54 bits per heavy atom. The van der Waals surface area contributed by atoms with Crippen LogP contribution in [0.2, 0.25) is 0 Å². The maximum absolute atomic E-state index is 5.96. The summed E-state index contributed by atoms with van der Waals surface area (Å²) in [5.74, 6) is 1.69. The summed E-state index contributed by atoms with van der Waals surface area (Å²) < 4.78 is 11.4. The molecule has 0 heterocycles. The van der Waals surface area contributed by atoms with E-state index in [1.165, 1.54) is 5.56 Å². The Kier molecular flexibility index (Phi) is 8.19. The highest BCUT2D eigenvalue weighted by Crippen LogP contribution is 2.31. The zero-order valence-electron chi connectivity index (χ0n) is 14.9. The third-order valence-corrected chi connectivity index (χ3v) is 4.00. The minimum Gasteiger partial charge on any atom is -0.493 e. The van der Waals surface area contributed by atoms with E-state index < -0.39 is 0 Å². The fraction of sp³-hybridized carbons (Fsp3) is 0.429. The molecule has 0 aliphatic heterocycles. The summed E-state index contributed by atoms with van der Waals surface area (Å²) in [6.45, 7) is 4.69. The Morgan fingerprint density at radius 2 is 1.79 bits per heavy atom. The highest BCUT2D eigenvalue weighted by atomic mass is 16.5. The fourth-order valence-electron chi connectivity index (χ4n) is 2.63. The molecule has 0 bridgehead atoms. The smallest absolute Gasteiger partial charge is 0.165 e. The first-order valence-electron chi connectivity index (χ1n) is 8.88. The number of benzene rings is 2. The van der Waals surface area contributed by atoms with Crippen LogP contribution in [0.4, 0.5) is 0 Å². The summed E-state index contributed by atoms with van der Waals surface area (Å²) in [5.41, 5.74) is 2.55. The lowest BCUT2D eigenvalue weighted by Gasteiger charge is -2.15. The minimum atomic E-state index is 0.734. The molecular formula is C21H29NO2. The summed E-state index contributed by atoms with van der Waals surface area (Å²) in [6, 6.07) is 16.7. The van der Waals surface area contributed by atoms with Crippen molar-refractivity contribution in [2.75, 3.05) is 20.3 Å². The standard InChI is InChI=1S/C21H29NO2/c1-3-4-16-24-21-19(13-8-14-20(21)23-2)17-22-15-9-12-18-10-6-5-7-11-18/h5-8,10-11,13-14,22H,3-4,9,12,15-17H2,1-2H3. The van der Waals surface area contributed by atoms with Gasteiger partial charge in [0.2, 0.25) is 0 Å². The number of nitrogens with one attached hydrogen (secondary N) is 1. The summed E-state index contributed by atoms with van der Waals surface area (Å²) in [7, 11) is 1.69. The van der Waals surface area contributed by atoms with Crippen LogP contribution < -0.4 is 14.8 Å². The van der Waals surface area contributed by atoms with Gasteiger partial charge in [0.15, 0.2) is 11.5 Å². The molecule has 0 aromatic heterocycles. The number of para-hydroxylation sites is 1. The molecule has 0 saturated heterocycles. The molecule has 2 aromatic rings. The van der Waals surface area contributed by atoms with Gasteiger partial charge in [0.1, 0.15) is 0 Å². The molecule has 0 aliphatic rings. The predicted molar refractivity (Wildman–Crippen MR) is 99.9 cm³/mol. The summed E-state index contributed by atoms with van der Waals surface area (Å²) in [4.78, 5) is 0. The highest BCUT2D eigenvalue weighted by Gasteiger charge is 2.10. The number of unbranched alkanes of at least 4 members (excludes halogenated alkanes) is 1. The molecule has 3 nitrogen and oxygen atoms in total. The lowest BCUT2D eigenvalue weighted by molar-refractivity contribution is 0.284. The molecule has 0 atom stereocenters. The van der Waals surface area contributed by atoms with Gasteiger partial charge in [0.25, 0.3) is 0 Å². The van der Waals surface area contributed by atoms with Crippen LogP contribution in [0.15, 0.2) is 48.5 Å². The molecule has 24 heavy (non-hydrogen) atoms. The molecule has 0 saturated carbocycles. The van der Waals surface area contributed by atoms with E-state index in [-0.39, 0.29) is 0 Å². The monoisotopic (exact) mass is 327 g/mol. The molecule has 2 rings (SSSR count). The van der Waals surface area contributed by atoms with Gasteiger partial charge in [-0.2, -0.15) is 0 Å². The molecular weight excluding hydrogens is 298 g/mol. The van der Waals surface area contributed by atoms with Crippen molar-refractivity contribution in [2.45, 2.75) is 39.2 Å². The minimum absolute atomic E-state index is 0.734. The molecule has 0 radical (unpaired) electrons. The Balaban J connectivity index is 1.82. The summed E-state index contributed by atoms with van der Waals surface area (Å²) >= 11 is 0. The van der Waals surface area contributed by atoms with Crippen LogP contribution in [0.5, 0.6) is 11.5 Å². The van der Waals surface area contributed by atoms with Crippen LogP contribution in [0.1, 0.15) is 37.3 Å². The largest absolute Gasteiger partial charge is 0.493 e. The zero-order chi connectivity index (χ0) is 17.0. The van der Waals surface area contributed by atoms with Crippen molar-refractivity contribution < 1.29 is 9.47 Å². The SMILES string of the molecule is CCCCOc1c(CNCCCc2ccccc2)cccc1OC. The first-order valence-corrected chi connectivity index (χ1v) is 8.88. The maximum atomic E-state index is 5.96. The molecule has 0 spiro atoms. The molecule has 0 amide bonds. The molecule has 2 aromatic carbocycles. The van der Waals surface area contributed by atoms with Gasteiger partial charge in [-0.1, -0.05) is 55.8 Å². The van der Waals surface area contributed by atoms with Gasteiger partial charge in [0, 0.05) is 12.1 Å². The average Bonchev–Trinajstić information content (AvgIpc) is 2.63. The molecule has 0 fully saturated rings. The van der Waals surface area contributed by atoms with Gasteiger partial charge in [-0.05, 0) is 37.4 Å². The van der Waals surface area contributed by atoms with E-state index >= 15 is 0 Å². The molecule has 1 N–H and O–H groups in total. The van der Waals surface area contributed by atoms with Crippen LogP contribution in [0.25, 0.3) is 0 Å². The van der Waals surface area contributed by atoms with Crippen molar-refractivity contribution >= 4 is 0 Å². The third kappa shape index (κ3) is 5.89. The van der Waals surface area contributed by atoms with Crippen LogP contribution in [-0.2, 0) is 13.0 Å². The van der Waals surface area contributed by atoms with Crippen molar-refractivity contribution in [1.29, 1.82) is 0 Å². The Morgan fingerprint density at radius 1 is 0.958 bits per heavy atom. The van der Waals surface area contributed by atoms with Crippen molar-refractivity contribution in [3.8, 4) is 11.5 Å². The lowest BCUT2D eigenvalue weighted by Crippen LogP contribution is -2.16. The van der Waals surface area contributed by atoms with E-state index in [1.54, 1.807) is 7.11 Å². The van der Waals surface area contributed by atoms with Crippen LogP contribution in [-0.4, -0.2) is 20.3 Å². The first-order chi connectivity index (χ1) is 11.8. The van der Waals surface area contributed by atoms with Crippen LogP contribution in [0.3, 0.4) is 0 Å². The number of hydrogen-bond acceptors (Lipinski definition) is 3. The van der Waals surface area contributed by atoms with Crippen molar-refractivity contribution in [3.63, 3.8) is 0 Å². The van der Waals surface area contributed by atoms with Crippen molar-refractivity contribution in [1.82, 2.24) is 5.32 Å². The number of ether oxygens (including phenoxy) is 2. The predicted octanol–water partition coefficient (Wildman–Crippen LogP) is 4.60. The second-order valence-corrected chi connectivity index (χ2v) is 5.92. The number of methoxy groups -OCH3 is 1. The Hall–Kier alpha value is -2.00. The Bertz CT molecular complexity index is 584. The number of hydrogen-bond donors (Lipinski definition) is 1. The van der Waals surface area contributed by atoms with Crippen molar-refractivity contribution in [3.05, 3.63) is 59.7 Å². The topological polar surface area (TPSA) is 30.5 Å². The van der Waals surface area contributed by atoms with E-state index in [0.29, 0.717) is 0 Å². The van der Waals surface area contributed by atoms with E-state index in [9.17, 15) is 0 Å². The third-order valence-electron chi connectivity index (χ3n) is 4.00. The van der Waals surface area contributed by atoms with Gasteiger partial charge >= 0.3 is 0 Å². The number of rotatable bonds is 11. The van der Waals surface area contributed by atoms with Crippen LogP contribution in [0, 0.1) is 0 Å². The molecule has 0 unspecified atom stereocenters. The van der Waals surface area contributed by atoms with Gasteiger partial charge in [0.05, 0.1) is 13.7 Å². The van der Waals surface area contributed by atoms with Crippen molar-refractivity contribution in [2.24, 2.45) is 0 Å². The second-order valence-electron chi connectivity index (χ2n) is 5.92. The normalized spacial score (nSPS) is 10.6. The van der Waals surface area contributed by atoms with E-state index in [2.05, 4.69) is 48.6 Å².